The summed E-state index contributed by atoms with van der Waals surface area (Å²) in [6.45, 7) is -0.475. The summed E-state index contributed by atoms with van der Waals surface area (Å²) in [4.78, 5) is 23.4. The number of ether oxygens (including phenoxy) is 1. The minimum absolute atomic E-state index is 0.0250. The van der Waals surface area contributed by atoms with Crippen LogP contribution in [0.25, 0.3) is 0 Å². The van der Waals surface area contributed by atoms with Gasteiger partial charge in [0.25, 0.3) is 5.91 Å². The fraction of sp³-hybridized carbons (Fsp3) is 0.0625. The molecule has 0 unspecified atom stereocenters. The highest BCUT2D eigenvalue weighted by Gasteiger charge is 2.11. The normalized spacial score (nSPS) is 9.74. The van der Waals surface area contributed by atoms with Gasteiger partial charge in [0.05, 0.1) is 16.1 Å². The van der Waals surface area contributed by atoms with Gasteiger partial charge in [0, 0.05) is 5.69 Å². The number of hydrogen-bond donors (Lipinski definition) is 2. The number of nitrogens with one attached hydrogen (secondary N) is 1. The van der Waals surface area contributed by atoms with Crippen LogP contribution in [0.4, 0.5) is 5.69 Å². The number of rotatable bonds is 4. The zero-order chi connectivity index (χ0) is 16.8. The molecule has 0 aliphatic rings. The lowest BCUT2D eigenvalue weighted by Gasteiger charge is -2.07. The van der Waals surface area contributed by atoms with Crippen LogP contribution in [0.5, 0.6) is 5.75 Å². The number of phenolic OH excluding ortho intramolecular Hbond substituents is 1. The van der Waals surface area contributed by atoms with Gasteiger partial charge in [0.15, 0.2) is 6.61 Å². The fourth-order valence-electron chi connectivity index (χ4n) is 1.69. The molecule has 0 aliphatic heterocycles. The molecule has 2 aromatic carbocycles. The van der Waals surface area contributed by atoms with Crippen LogP contribution in [0, 0.1) is 11.3 Å². The van der Waals surface area contributed by atoms with Crippen molar-refractivity contribution in [2.45, 2.75) is 0 Å². The minimum atomic E-state index is -0.682. The second-order valence-electron chi connectivity index (χ2n) is 4.48. The molecule has 2 N–H and O–H groups in total. The van der Waals surface area contributed by atoms with Gasteiger partial charge in [-0.25, -0.2) is 4.79 Å². The SMILES string of the molecule is N#Cc1ccc(NC(=O)COC(=O)c2ccc(O)cc2)cc1Cl. The van der Waals surface area contributed by atoms with E-state index in [4.69, 9.17) is 26.7 Å². The van der Waals surface area contributed by atoms with E-state index in [1.165, 1.54) is 42.5 Å². The van der Waals surface area contributed by atoms with E-state index in [-0.39, 0.29) is 16.3 Å². The highest BCUT2D eigenvalue weighted by molar-refractivity contribution is 6.32. The van der Waals surface area contributed by atoms with E-state index >= 15 is 0 Å². The van der Waals surface area contributed by atoms with E-state index in [0.29, 0.717) is 11.3 Å². The molecule has 23 heavy (non-hydrogen) atoms. The van der Waals surface area contributed by atoms with E-state index in [2.05, 4.69) is 5.32 Å². The van der Waals surface area contributed by atoms with E-state index < -0.39 is 18.5 Å². The number of hydrogen-bond acceptors (Lipinski definition) is 5. The maximum absolute atomic E-state index is 11.7. The predicted molar refractivity (Wildman–Crippen MR) is 83.2 cm³/mol. The number of nitriles is 1. The molecule has 0 saturated heterocycles. The van der Waals surface area contributed by atoms with Crippen LogP contribution in [-0.4, -0.2) is 23.6 Å². The third-order valence-electron chi connectivity index (χ3n) is 2.81. The summed E-state index contributed by atoms with van der Waals surface area (Å²) in [7, 11) is 0. The first kappa shape index (κ1) is 16.3. The van der Waals surface area contributed by atoms with Crippen LogP contribution in [0.15, 0.2) is 42.5 Å². The Balaban J connectivity index is 1.90. The highest BCUT2D eigenvalue weighted by atomic mass is 35.5. The van der Waals surface area contributed by atoms with Gasteiger partial charge in [-0.2, -0.15) is 5.26 Å². The maximum Gasteiger partial charge on any atom is 0.338 e. The second kappa shape index (κ2) is 7.29. The molecule has 0 aliphatic carbocycles. The number of phenols is 1. The highest BCUT2D eigenvalue weighted by Crippen LogP contribution is 2.20. The summed E-state index contributed by atoms with van der Waals surface area (Å²) in [5, 5.41) is 20.6. The molecule has 0 spiro atoms. The van der Waals surface area contributed by atoms with Crippen molar-refractivity contribution in [2.75, 3.05) is 11.9 Å². The van der Waals surface area contributed by atoms with E-state index in [1.807, 2.05) is 6.07 Å². The molecule has 0 atom stereocenters. The smallest absolute Gasteiger partial charge is 0.338 e. The zero-order valence-electron chi connectivity index (χ0n) is 11.7. The predicted octanol–water partition coefficient (Wildman–Crippen LogP) is 2.71. The Morgan fingerprint density at radius 3 is 2.52 bits per heavy atom. The van der Waals surface area contributed by atoms with Crippen molar-refractivity contribution in [3.05, 3.63) is 58.6 Å². The Labute approximate surface area is 136 Å². The van der Waals surface area contributed by atoms with Crippen molar-refractivity contribution in [3.63, 3.8) is 0 Å². The summed E-state index contributed by atoms with van der Waals surface area (Å²) in [6.07, 6.45) is 0. The maximum atomic E-state index is 11.7. The molecule has 0 heterocycles. The molecule has 116 valence electrons. The van der Waals surface area contributed by atoms with Crippen molar-refractivity contribution in [3.8, 4) is 11.8 Å². The van der Waals surface area contributed by atoms with Crippen LogP contribution in [0.2, 0.25) is 5.02 Å². The van der Waals surface area contributed by atoms with Gasteiger partial charge in [0.1, 0.15) is 11.8 Å². The van der Waals surface area contributed by atoms with Crippen molar-refractivity contribution in [1.82, 2.24) is 0 Å². The van der Waals surface area contributed by atoms with Gasteiger partial charge < -0.3 is 15.2 Å². The van der Waals surface area contributed by atoms with Crippen molar-refractivity contribution in [2.24, 2.45) is 0 Å². The van der Waals surface area contributed by atoms with E-state index in [0.717, 1.165) is 0 Å². The van der Waals surface area contributed by atoms with Gasteiger partial charge in [-0.05, 0) is 42.5 Å². The van der Waals surface area contributed by atoms with Crippen LogP contribution < -0.4 is 5.32 Å². The first-order valence-electron chi connectivity index (χ1n) is 6.45. The molecule has 1 amide bonds. The Morgan fingerprint density at radius 2 is 1.91 bits per heavy atom. The van der Waals surface area contributed by atoms with Crippen LogP contribution in [0.3, 0.4) is 0 Å². The van der Waals surface area contributed by atoms with Crippen molar-refractivity contribution >= 4 is 29.2 Å². The lowest BCUT2D eigenvalue weighted by molar-refractivity contribution is -0.119. The topological polar surface area (TPSA) is 99.4 Å². The molecule has 2 aromatic rings. The number of carbonyl (C=O) groups excluding carboxylic acids is 2. The first-order valence-corrected chi connectivity index (χ1v) is 6.83. The van der Waals surface area contributed by atoms with Gasteiger partial charge >= 0.3 is 5.97 Å². The summed E-state index contributed by atoms with van der Waals surface area (Å²) in [6, 6.07) is 11.8. The van der Waals surface area contributed by atoms with Gasteiger partial charge in [-0.1, -0.05) is 11.6 Å². The molecule has 0 bridgehead atoms. The van der Waals surface area contributed by atoms with E-state index in [1.54, 1.807) is 0 Å². The molecule has 7 heteroatoms. The number of halogens is 1. The molecular weight excluding hydrogens is 320 g/mol. The van der Waals surface area contributed by atoms with E-state index in [9.17, 15) is 9.59 Å². The Hall–Kier alpha value is -3.04. The van der Waals surface area contributed by atoms with Crippen molar-refractivity contribution in [1.29, 1.82) is 5.26 Å². The molecule has 2 rings (SSSR count). The number of anilines is 1. The summed E-state index contributed by atoms with van der Waals surface area (Å²) in [5.41, 5.74) is 0.903. The standard InChI is InChI=1S/C16H11ClN2O4/c17-14-7-12(4-1-11(14)8-18)19-15(21)9-23-16(22)10-2-5-13(20)6-3-10/h1-7,20H,9H2,(H,19,21). The van der Waals surface area contributed by atoms with Crippen molar-refractivity contribution < 1.29 is 19.4 Å². The Bertz CT molecular complexity index is 782. The van der Waals surface area contributed by atoms with Gasteiger partial charge in [0.2, 0.25) is 0 Å². The third kappa shape index (κ3) is 4.46. The number of benzene rings is 2. The fourth-order valence-corrected chi connectivity index (χ4v) is 1.92. The molecular formula is C16H11ClN2O4. The van der Waals surface area contributed by atoms with Gasteiger partial charge in [-0.15, -0.1) is 0 Å². The number of esters is 1. The molecule has 0 fully saturated rings. The van der Waals surface area contributed by atoms with Gasteiger partial charge in [-0.3, -0.25) is 4.79 Å². The van der Waals surface area contributed by atoms with Crippen LogP contribution >= 0.6 is 11.6 Å². The summed E-state index contributed by atoms with van der Waals surface area (Å²) in [5.74, 6) is -1.20. The number of aromatic hydroxyl groups is 1. The van der Waals surface area contributed by atoms with Crippen LogP contribution in [0.1, 0.15) is 15.9 Å². The third-order valence-corrected chi connectivity index (χ3v) is 3.12. The lowest BCUT2D eigenvalue weighted by atomic mass is 10.2. The number of carbonyl (C=O) groups is 2. The molecule has 0 aromatic heterocycles. The monoisotopic (exact) mass is 330 g/mol. The molecule has 0 saturated carbocycles. The minimum Gasteiger partial charge on any atom is -0.508 e. The molecule has 0 radical (unpaired) electrons. The summed E-state index contributed by atoms with van der Waals surface area (Å²) < 4.78 is 4.86. The summed E-state index contributed by atoms with van der Waals surface area (Å²) >= 11 is 5.85. The zero-order valence-corrected chi connectivity index (χ0v) is 12.5. The lowest BCUT2D eigenvalue weighted by Crippen LogP contribution is -2.20. The number of nitrogens with zero attached hydrogens (tertiary/aromatic N) is 1. The Kier molecular flexibility index (Phi) is 5.18. The Morgan fingerprint density at radius 1 is 1.22 bits per heavy atom. The van der Waals surface area contributed by atoms with Crippen LogP contribution in [-0.2, 0) is 9.53 Å². The second-order valence-corrected chi connectivity index (χ2v) is 4.88. The quantitative estimate of drug-likeness (QED) is 0.840. The average Bonchev–Trinajstić information content (AvgIpc) is 2.53. The largest absolute Gasteiger partial charge is 0.508 e. The molecule has 6 nitrogen and oxygen atoms in total. The number of amides is 1. The average molecular weight is 331 g/mol. The first-order chi connectivity index (χ1) is 11.0.